The van der Waals surface area contributed by atoms with Crippen LogP contribution in [0.1, 0.15) is 62.5 Å². The molecule has 1 aliphatic carbocycles. The molecule has 3 rings (SSSR count). The fourth-order valence-corrected chi connectivity index (χ4v) is 4.29. The highest BCUT2D eigenvalue weighted by Crippen LogP contribution is 2.41. The van der Waals surface area contributed by atoms with E-state index in [9.17, 15) is 30.7 Å². The lowest BCUT2D eigenvalue weighted by Gasteiger charge is -2.29. The Kier molecular flexibility index (Phi) is 7.56. The summed E-state index contributed by atoms with van der Waals surface area (Å²) in [6.45, 7) is 0.542. The molecular formula is C23H23F7O2. The van der Waals surface area contributed by atoms with Crippen LogP contribution >= 0.6 is 0 Å². The predicted molar refractivity (Wildman–Crippen MR) is 103 cm³/mol. The summed E-state index contributed by atoms with van der Waals surface area (Å²) in [5, 5.41) is 0. The molecule has 1 aliphatic rings. The monoisotopic (exact) mass is 464 g/mol. The minimum absolute atomic E-state index is 0.137. The van der Waals surface area contributed by atoms with Gasteiger partial charge < -0.3 is 9.47 Å². The fourth-order valence-electron chi connectivity index (χ4n) is 4.29. The van der Waals surface area contributed by atoms with Crippen molar-refractivity contribution in [3.63, 3.8) is 0 Å². The minimum atomic E-state index is -4.56. The normalized spacial score (nSPS) is 19.1. The van der Waals surface area contributed by atoms with E-state index in [2.05, 4.69) is 16.4 Å². The second-order valence-corrected chi connectivity index (χ2v) is 7.95. The summed E-state index contributed by atoms with van der Waals surface area (Å²) in [6.07, 6.45) is 0.807. The average Bonchev–Trinajstić information content (AvgIpc) is 2.70. The maximum absolute atomic E-state index is 14.6. The van der Waals surface area contributed by atoms with Crippen LogP contribution in [0.25, 0.3) is 0 Å². The van der Waals surface area contributed by atoms with Crippen molar-refractivity contribution in [2.24, 2.45) is 5.92 Å². The van der Waals surface area contributed by atoms with Gasteiger partial charge in [-0.05, 0) is 55.2 Å². The number of halogens is 7. The Morgan fingerprint density at radius 2 is 1.44 bits per heavy atom. The van der Waals surface area contributed by atoms with E-state index in [0.717, 1.165) is 37.8 Å². The molecule has 0 N–H and O–H groups in total. The van der Waals surface area contributed by atoms with Gasteiger partial charge in [0.05, 0.1) is 0 Å². The van der Waals surface area contributed by atoms with Gasteiger partial charge in [0, 0.05) is 12.1 Å². The van der Waals surface area contributed by atoms with Crippen molar-refractivity contribution >= 4 is 0 Å². The maximum Gasteiger partial charge on any atom is 0.432 e. The lowest BCUT2D eigenvalue weighted by atomic mass is 9.77. The number of hydrogen-bond donors (Lipinski definition) is 0. The van der Waals surface area contributed by atoms with Crippen LogP contribution in [-0.2, 0) is 6.11 Å². The molecule has 0 radical (unpaired) electrons. The molecule has 2 nitrogen and oxygen atoms in total. The first-order valence-corrected chi connectivity index (χ1v) is 10.4. The first kappa shape index (κ1) is 24.2. The first-order chi connectivity index (χ1) is 15.2. The van der Waals surface area contributed by atoms with Crippen LogP contribution in [0.5, 0.6) is 11.5 Å². The highest BCUT2D eigenvalue weighted by atomic mass is 19.3. The van der Waals surface area contributed by atoms with Gasteiger partial charge in [-0.2, -0.15) is 8.78 Å². The van der Waals surface area contributed by atoms with Crippen LogP contribution in [0.4, 0.5) is 30.7 Å². The summed E-state index contributed by atoms with van der Waals surface area (Å²) in [7, 11) is 0. The summed E-state index contributed by atoms with van der Waals surface area (Å²) in [6, 6.07) is 2.33. The molecule has 1 saturated carbocycles. The molecule has 0 spiro atoms. The van der Waals surface area contributed by atoms with Gasteiger partial charge >= 0.3 is 6.11 Å². The molecule has 0 unspecified atom stereocenters. The summed E-state index contributed by atoms with van der Waals surface area (Å²) < 4.78 is 106. The van der Waals surface area contributed by atoms with Crippen LogP contribution in [0, 0.1) is 29.2 Å². The second kappa shape index (κ2) is 10.0. The standard InChI is InChI=1S/C23H23F7O2/c1-2-3-13-4-6-14(7-5-13)15-8-17(25)21(18(26)9-15)23(29,30)32-16-10-19(27)22(31-12-24)20(28)11-16/h8-11,13-14H,2-7,12H2,1H3. The number of alkyl halides is 3. The molecule has 32 heavy (non-hydrogen) atoms. The van der Waals surface area contributed by atoms with Crippen LogP contribution in [0.15, 0.2) is 24.3 Å². The molecule has 0 atom stereocenters. The van der Waals surface area contributed by atoms with Crippen molar-refractivity contribution in [2.75, 3.05) is 6.86 Å². The zero-order chi connectivity index (χ0) is 23.5. The van der Waals surface area contributed by atoms with E-state index in [1.165, 1.54) is 0 Å². The van der Waals surface area contributed by atoms with Crippen LogP contribution in [-0.4, -0.2) is 6.86 Å². The third-order valence-electron chi connectivity index (χ3n) is 5.79. The third kappa shape index (κ3) is 5.30. The van der Waals surface area contributed by atoms with E-state index in [1.54, 1.807) is 0 Å². The molecule has 0 saturated heterocycles. The Balaban J connectivity index is 1.81. The molecular weight excluding hydrogens is 441 g/mol. The van der Waals surface area contributed by atoms with Gasteiger partial charge in [-0.1, -0.05) is 19.8 Å². The molecule has 2 aromatic carbocycles. The summed E-state index contributed by atoms with van der Waals surface area (Å²) in [5.41, 5.74) is -1.37. The van der Waals surface area contributed by atoms with E-state index < -0.39 is 53.3 Å². The SMILES string of the molecule is CCCC1CCC(c2cc(F)c(C(F)(F)Oc3cc(F)c(OCF)c(F)c3)c(F)c2)CC1. The van der Waals surface area contributed by atoms with Gasteiger partial charge in [-0.15, -0.1) is 0 Å². The highest BCUT2D eigenvalue weighted by molar-refractivity contribution is 5.36. The number of hydrogen-bond acceptors (Lipinski definition) is 2. The van der Waals surface area contributed by atoms with E-state index in [-0.39, 0.29) is 5.92 Å². The topological polar surface area (TPSA) is 18.5 Å². The molecule has 0 bridgehead atoms. The first-order valence-electron chi connectivity index (χ1n) is 10.4. The Morgan fingerprint density at radius 3 is 1.94 bits per heavy atom. The molecule has 0 aliphatic heterocycles. The zero-order valence-electron chi connectivity index (χ0n) is 17.4. The van der Waals surface area contributed by atoms with Crippen LogP contribution in [0.3, 0.4) is 0 Å². The Hall–Kier alpha value is -2.45. The van der Waals surface area contributed by atoms with E-state index in [0.29, 0.717) is 36.5 Å². The smallest absolute Gasteiger partial charge is 0.432 e. The Bertz CT molecular complexity index is 894. The van der Waals surface area contributed by atoms with E-state index >= 15 is 0 Å². The quantitative estimate of drug-likeness (QED) is 0.372. The van der Waals surface area contributed by atoms with Crippen molar-refractivity contribution < 1.29 is 40.2 Å². The molecule has 0 heterocycles. The van der Waals surface area contributed by atoms with Gasteiger partial charge in [0.1, 0.15) is 22.9 Å². The van der Waals surface area contributed by atoms with Crippen molar-refractivity contribution in [1.82, 2.24) is 0 Å². The Morgan fingerprint density at radius 1 is 0.875 bits per heavy atom. The fraction of sp³-hybridized carbons (Fsp3) is 0.478. The lowest BCUT2D eigenvalue weighted by molar-refractivity contribution is -0.189. The van der Waals surface area contributed by atoms with Gasteiger partial charge in [0.25, 0.3) is 0 Å². The van der Waals surface area contributed by atoms with Crippen molar-refractivity contribution in [3.8, 4) is 11.5 Å². The zero-order valence-corrected chi connectivity index (χ0v) is 17.4. The molecule has 176 valence electrons. The molecule has 1 fully saturated rings. The summed E-state index contributed by atoms with van der Waals surface area (Å²) >= 11 is 0. The third-order valence-corrected chi connectivity index (χ3v) is 5.79. The van der Waals surface area contributed by atoms with Gasteiger partial charge in [-0.25, -0.2) is 22.0 Å². The molecule has 9 heteroatoms. The summed E-state index contributed by atoms with van der Waals surface area (Å²) in [5.74, 6) is -7.80. The van der Waals surface area contributed by atoms with Gasteiger partial charge in [0.2, 0.25) is 6.86 Å². The lowest BCUT2D eigenvalue weighted by Crippen LogP contribution is -2.26. The van der Waals surface area contributed by atoms with Crippen LogP contribution in [0.2, 0.25) is 0 Å². The summed E-state index contributed by atoms with van der Waals surface area (Å²) in [4.78, 5) is 0. The van der Waals surface area contributed by atoms with Crippen molar-refractivity contribution in [1.29, 1.82) is 0 Å². The average molecular weight is 464 g/mol. The predicted octanol–water partition coefficient (Wildman–Crippen LogP) is 7.75. The molecule has 2 aromatic rings. The van der Waals surface area contributed by atoms with E-state index in [4.69, 9.17) is 0 Å². The second-order valence-electron chi connectivity index (χ2n) is 7.95. The Labute approximate surface area is 181 Å². The van der Waals surface area contributed by atoms with Crippen molar-refractivity contribution in [2.45, 2.75) is 57.5 Å². The van der Waals surface area contributed by atoms with E-state index in [1.807, 2.05) is 0 Å². The van der Waals surface area contributed by atoms with Gasteiger partial charge in [0.15, 0.2) is 17.4 Å². The minimum Gasteiger partial charge on any atom is -0.457 e. The maximum atomic E-state index is 14.6. The van der Waals surface area contributed by atoms with Gasteiger partial charge in [-0.3, -0.25) is 0 Å². The highest BCUT2D eigenvalue weighted by Gasteiger charge is 2.42. The van der Waals surface area contributed by atoms with Crippen LogP contribution < -0.4 is 9.47 Å². The largest absolute Gasteiger partial charge is 0.457 e. The number of ether oxygens (including phenoxy) is 2. The molecule has 0 amide bonds. The molecule has 0 aromatic heterocycles. The van der Waals surface area contributed by atoms with Crippen molar-refractivity contribution in [3.05, 3.63) is 58.7 Å². The number of rotatable bonds is 8. The number of benzene rings is 2.